The maximum Gasteiger partial charge on any atom is 0.234 e. The molecule has 0 unspecified atom stereocenters. The van der Waals surface area contributed by atoms with E-state index in [9.17, 15) is 4.79 Å². The van der Waals surface area contributed by atoms with Crippen LogP contribution in [0.4, 0.5) is 5.69 Å². The second-order valence-corrected chi connectivity index (χ2v) is 7.57. The molecule has 0 fully saturated rings. The van der Waals surface area contributed by atoms with Gasteiger partial charge in [-0.3, -0.25) is 4.79 Å². The molecule has 0 atom stereocenters. The van der Waals surface area contributed by atoms with Crippen LogP contribution in [0.25, 0.3) is 10.9 Å². The second kappa shape index (κ2) is 9.58. The zero-order valence-corrected chi connectivity index (χ0v) is 17.7. The van der Waals surface area contributed by atoms with Crippen molar-refractivity contribution >= 4 is 34.3 Å². The molecule has 1 heterocycles. The van der Waals surface area contributed by atoms with E-state index in [1.165, 1.54) is 11.8 Å². The summed E-state index contributed by atoms with van der Waals surface area (Å²) in [6, 6.07) is 13.1. The number of anilines is 1. The fourth-order valence-corrected chi connectivity index (χ4v) is 3.63. The van der Waals surface area contributed by atoms with Crippen LogP contribution in [0, 0.1) is 0 Å². The van der Waals surface area contributed by atoms with Gasteiger partial charge in [-0.25, -0.2) is 9.97 Å². The molecule has 8 heteroatoms. The third kappa shape index (κ3) is 5.36. The van der Waals surface area contributed by atoms with Gasteiger partial charge in [0, 0.05) is 11.5 Å². The highest BCUT2D eigenvalue weighted by atomic mass is 32.2. The summed E-state index contributed by atoms with van der Waals surface area (Å²) in [6.07, 6.45) is 0. The highest BCUT2D eigenvalue weighted by molar-refractivity contribution is 8.00. The van der Waals surface area contributed by atoms with Crippen molar-refractivity contribution in [1.29, 1.82) is 0 Å². The molecule has 0 saturated carbocycles. The zero-order valence-electron chi connectivity index (χ0n) is 16.9. The number of aromatic nitrogens is 2. The van der Waals surface area contributed by atoms with Crippen LogP contribution in [0.5, 0.6) is 11.5 Å². The number of benzene rings is 2. The predicted molar refractivity (Wildman–Crippen MR) is 116 cm³/mol. The number of nitrogens with zero attached hydrogens (tertiary/aromatic N) is 3. The Labute approximate surface area is 174 Å². The Morgan fingerprint density at radius 2 is 1.90 bits per heavy atom. The predicted octanol–water partition coefficient (Wildman–Crippen LogP) is 3.44. The molecule has 1 aromatic heterocycles. The molecule has 152 valence electrons. The largest absolute Gasteiger partial charge is 0.497 e. The Morgan fingerprint density at radius 1 is 1.10 bits per heavy atom. The van der Waals surface area contributed by atoms with Gasteiger partial charge in [-0.2, -0.15) is 0 Å². The van der Waals surface area contributed by atoms with Crippen molar-refractivity contribution in [2.24, 2.45) is 0 Å². The summed E-state index contributed by atoms with van der Waals surface area (Å²) < 4.78 is 10.5. The number of carbonyl (C=O) groups excluding carboxylic acids is 1. The zero-order chi connectivity index (χ0) is 20.8. The fourth-order valence-electron chi connectivity index (χ4n) is 2.79. The third-order valence-corrected chi connectivity index (χ3v) is 5.08. The van der Waals surface area contributed by atoms with E-state index in [0.717, 1.165) is 21.8 Å². The number of para-hydroxylation sites is 1. The quantitative estimate of drug-likeness (QED) is 0.449. The monoisotopic (exact) mass is 412 g/mol. The molecule has 3 rings (SSSR count). The van der Waals surface area contributed by atoms with Gasteiger partial charge >= 0.3 is 0 Å². The molecule has 3 aromatic rings. The number of fused-ring (bicyclic) bond motifs is 1. The summed E-state index contributed by atoms with van der Waals surface area (Å²) in [7, 11) is 7.08. The highest BCUT2D eigenvalue weighted by Gasteiger charge is 2.13. The number of amides is 1. The molecule has 2 aromatic carbocycles. The van der Waals surface area contributed by atoms with E-state index in [4.69, 9.17) is 9.47 Å². The maximum atomic E-state index is 12.6. The Kier molecular flexibility index (Phi) is 6.90. The first-order valence-electron chi connectivity index (χ1n) is 9.05. The second-order valence-electron chi connectivity index (χ2n) is 6.60. The first kappa shape index (κ1) is 20.9. The number of methoxy groups -OCH3 is 2. The van der Waals surface area contributed by atoms with Gasteiger partial charge in [-0.15, -0.1) is 0 Å². The van der Waals surface area contributed by atoms with Gasteiger partial charge in [0.1, 0.15) is 22.3 Å². The molecule has 0 aliphatic heterocycles. The Morgan fingerprint density at radius 3 is 2.62 bits per heavy atom. The van der Waals surface area contributed by atoms with E-state index in [-0.39, 0.29) is 11.7 Å². The lowest BCUT2D eigenvalue weighted by molar-refractivity contribution is -0.113. The van der Waals surface area contributed by atoms with Crippen LogP contribution in [0.3, 0.4) is 0 Å². The van der Waals surface area contributed by atoms with Crippen LogP contribution in [-0.4, -0.2) is 54.8 Å². The molecule has 0 bridgehead atoms. The molecule has 1 amide bonds. The van der Waals surface area contributed by atoms with Crippen LogP contribution in [-0.2, 0) is 11.3 Å². The van der Waals surface area contributed by atoms with Crippen LogP contribution >= 0.6 is 11.8 Å². The Bertz CT molecular complexity index is 1010. The highest BCUT2D eigenvalue weighted by Crippen LogP contribution is 2.30. The van der Waals surface area contributed by atoms with Crippen molar-refractivity contribution in [2.45, 2.75) is 11.6 Å². The minimum absolute atomic E-state index is 0.154. The van der Waals surface area contributed by atoms with Gasteiger partial charge in [0.25, 0.3) is 0 Å². The van der Waals surface area contributed by atoms with Gasteiger partial charge in [0.05, 0.1) is 37.7 Å². The summed E-state index contributed by atoms with van der Waals surface area (Å²) in [5.41, 5.74) is 1.44. The Balaban J connectivity index is 1.77. The van der Waals surface area contributed by atoms with Crippen LogP contribution in [0.15, 0.2) is 47.5 Å². The minimum atomic E-state index is -0.154. The molecular formula is C21H24N4O3S. The number of hydrogen-bond acceptors (Lipinski definition) is 7. The molecule has 0 aliphatic rings. The summed E-state index contributed by atoms with van der Waals surface area (Å²) in [5.74, 6) is 2.00. The number of rotatable bonds is 8. The molecule has 1 N–H and O–H groups in total. The summed E-state index contributed by atoms with van der Waals surface area (Å²) in [5, 5.41) is 4.61. The lowest BCUT2D eigenvalue weighted by Crippen LogP contribution is -2.16. The van der Waals surface area contributed by atoms with Crippen LogP contribution in [0.2, 0.25) is 0 Å². The van der Waals surface area contributed by atoms with E-state index in [1.807, 2.05) is 43.3 Å². The summed E-state index contributed by atoms with van der Waals surface area (Å²) >= 11 is 1.39. The van der Waals surface area contributed by atoms with Crippen molar-refractivity contribution in [3.63, 3.8) is 0 Å². The number of carbonyl (C=O) groups is 1. The SMILES string of the molecule is COc1ccc(OC)c(NC(=O)CSc2nc(CN(C)C)nc3ccccc23)c1. The van der Waals surface area contributed by atoms with E-state index in [0.29, 0.717) is 23.7 Å². The van der Waals surface area contributed by atoms with Crippen LogP contribution < -0.4 is 14.8 Å². The molecule has 0 spiro atoms. The first-order valence-corrected chi connectivity index (χ1v) is 10.0. The standard InChI is InChI=1S/C21H24N4O3S/c1-25(2)12-19-22-16-8-6-5-7-15(16)21(24-19)29-13-20(26)23-17-11-14(27-3)9-10-18(17)28-4/h5-11H,12-13H2,1-4H3,(H,23,26). The average molecular weight is 413 g/mol. The minimum Gasteiger partial charge on any atom is -0.497 e. The van der Waals surface area contributed by atoms with E-state index in [1.54, 1.807) is 32.4 Å². The number of thioether (sulfide) groups is 1. The van der Waals surface area contributed by atoms with Crippen molar-refractivity contribution < 1.29 is 14.3 Å². The molecule has 0 saturated heterocycles. The average Bonchev–Trinajstić information content (AvgIpc) is 2.71. The lowest BCUT2D eigenvalue weighted by atomic mass is 10.2. The van der Waals surface area contributed by atoms with Crippen molar-refractivity contribution in [2.75, 3.05) is 39.4 Å². The normalized spacial score (nSPS) is 10.9. The van der Waals surface area contributed by atoms with E-state index in [2.05, 4.69) is 15.3 Å². The molecule has 7 nitrogen and oxygen atoms in total. The van der Waals surface area contributed by atoms with Crippen molar-refractivity contribution in [3.05, 3.63) is 48.3 Å². The van der Waals surface area contributed by atoms with Gasteiger partial charge in [-0.05, 0) is 32.3 Å². The Hall–Kier alpha value is -2.84. The molecule has 0 aliphatic carbocycles. The van der Waals surface area contributed by atoms with Crippen LogP contribution in [0.1, 0.15) is 5.82 Å². The van der Waals surface area contributed by atoms with Gasteiger partial charge < -0.3 is 19.7 Å². The van der Waals surface area contributed by atoms with Gasteiger partial charge in [-0.1, -0.05) is 30.0 Å². The molecule has 0 radical (unpaired) electrons. The van der Waals surface area contributed by atoms with Crippen molar-refractivity contribution in [3.8, 4) is 11.5 Å². The molecular weight excluding hydrogens is 388 g/mol. The summed E-state index contributed by atoms with van der Waals surface area (Å²) in [6.45, 7) is 0.631. The van der Waals surface area contributed by atoms with E-state index >= 15 is 0 Å². The van der Waals surface area contributed by atoms with Crippen molar-refractivity contribution in [1.82, 2.24) is 14.9 Å². The number of nitrogens with one attached hydrogen (secondary N) is 1. The molecule has 29 heavy (non-hydrogen) atoms. The number of ether oxygens (including phenoxy) is 2. The lowest BCUT2D eigenvalue weighted by Gasteiger charge is -2.13. The fraction of sp³-hybridized carbons (Fsp3) is 0.286. The smallest absolute Gasteiger partial charge is 0.234 e. The van der Waals surface area contributed by atoms with E-state index < -0.39 is 0 Å². The van der Waals surface area contributed by atoms with Gasteiger partial charge in [0.15, 0.2) is 0 Å². The van der Waals surface area contributed by atoms with Gasteiger partial charge in [0.2, 0.25) is 5.91 Å². The summed E-state index contributed by atoms with van der Waals surface area (Å²) in [4.78, 5) is 23.9. The number of hydrogen-bond donors (Lipinski definition) is 1. The topological polar surface area (TPSA) is 76.6 Å². The maximum absolute atomic E-state index is 12.6. The first-order chi connectivity index (χ1) is 14.0. The third-order valence-electron chi connectivity index (χ3n) is 4.09.